The van der Waals surface area contributed by atoms with Crippen molar-refractivity contribution >= 4 is 23.3 Å². The van der Waals surface area contributed by atoms with Crippen LogP contribution in [-0.4, -0.2) is 17.6 Å². The van der Waals surface area contributed by atoms with Crippen molar-refractivity contribution in [3.63, 3.8) is 0 Å². The molecule has 21 heavy (non-hydrogen) atoms. The number of hydrogen-bond acceptors (Lipinski definition) is 3. The molecule has 1 aliphatic carbocycles. The van der Waals surface area contributed by atoms with Crippen molar-refractivity contribution in [1.29, 1.82) is 0 Å². The predicted octanol–water partition coefficient (Wildman–Crippen LogP) is 2.63. The van der Waals surface area contributed by atoms with Gasteiger partial charge in [0.05, 0.1) is 11.6 Å². The Labute approximate surface area is 124 Å². The molecule has 4 heteroatoms. The van der Waals surface area contributed by atoms with Gasteiger partial charge in [-0.2, -0.15) is 0 Å². The molecule has 2 fully saturated rings. The van der Waals surface area contributed by atoms with Crippen LogP contribution in [0.5, 0.6) is 0 Å². The lowest BCUT2D eigenvalue weighted by Crippen LogP contribution is -2.35. The van der Waals surface area contributed by atoms with E-state index in [9.17, 15) is 14.4 Å². The molecule has 2 aliphatic rings. The largest absolute Gasteiger partial charge is 0.299 e. The molecular formula is C17H19NO3. The third-order valence-corrected chi connectivity index (χ3v) is 4.56. The molecule has 0 aromatic heterocycles. The van der Waals surface area contributed by atoms with Crippen LogP contribution in [0.1, 0.15) is 37.7 Å². The first-order valence-electron chi connectivity index (χ1n) is 7.54. The lowest BCUT2D eigenvalue weighted by molar-refractivity contribution is -0.132. The molecule has 2 atom stereocenters. The first-order valence-corrected chi connectivity index (χ1v) is 7.54. The highest BCUT2D eigenvalue weighted by atomic mass is 16.2. The van der Waals surface area contributed by atoms with E-state index in [0.29, 0.717) is 12.1 Å². The van der Waals surface area contributed by atoms with Crippen molar-refractivity contribution < 1.29 is 14.4 Å². The fraction of sp³-hybridized carbons (Fsp3) is 0.471. The standard InChI is InChI=1S/C17H19NO3/c1-11-6-8-12(9-7-11)18-16(20)10-14(17(18)21)13-4-2-3-5-15(13)19/h6-9,13-14H,2-5,10H2,1H3. The van der Waals surface area contributed by atoms with Crippen molar-refractivity contribution in [1.82, 2.24) is 0 Å². The van der Waals surface area contributed by atoms with Crippen molar-refractivity contribution in [2.75, 3.05) is 4.90 Å². The predicted molar refractivity (Wildman–Crippen MR) is 78.7 cm³/mol. The Morgan fingerprint density at radius 2 is 1.71 bits per heavy atom. The Balaban J connectivity index is 1.85. The highest BCUT2D eigenvalue weighted by Gasteiger charge is 2.45. The summed E-state index contributed by atoms with van der Waals surface area (Å²) in [5.74, 6) is -0.952. The van der Waals surface area contributed by atoms with Gasteiger partial charge in [-0.3, -0.25) is 19.3 Å². The molecule has 1 aliphatic heterocycles. The van der Waals surface area contributed by atoms with Crippen molar-refractivity contribution in [3.8, 4) is 0 Å². The molecular weight excluding hydrogens is 266 g/mol. The van der Waals surface area contributed by atoms with Crippen LogP contribution in [0.25, 0.3) is 0 Å². The summed E-state index contributed by atoms with van der Waals surface area (Å²) in [5, 5.41) is 0. The molecule has 1 aromatic rings. The van der Waals surface area contributed by atoms with E-state index in [1.165, 1.54) is 4.90 Å². The van der Waals surface area contributed by atoms with Gasteiger partial charge in [0.1, 0.15) is 5.78 Å². The van der Waals surface area contributed by atoms with Crippen LogP contribution < -0.4 is 4.90 Å². The second-order valence-corrected chi connectivity index (χ2v) is 6.03. The fourth-order valence-corrected chi connectivity index (χ4v) is 3.37. The van der Waals surface area contributed by atoms with E-state index in [0.717, 1.165) is 24.8 Å². The smallest absolute Gasteiger partial charge is 0.238 e. The Hall–Kier alpha value is -1.97. The van der Waals surface area contributed by atoms with Gasteiger partial charge in [0.25, 0.3) is 0 Å². The number of anilines is 1. The van der Waals surface area contributed by atoms with Crippen LogP contribution in [0.2, 0.25) is 0 Å². The Bertz CT molecular complexity index is 591. The van der Waals surface area contributed by atoms with E-state index in [2.05, 4.69) is 0 Å². The second-order valence-electron chi connectivity index (χ2n) is 6.03. The van der Waals surface area contributed by atoms with E-state index in [4.69, 9.17) is 0 Å². The average Bonchev–Trinajstić information content (AvgIpc) is 2.76. The summed E-state index contributed by atoms with van der Waals surface area (Å²) in [5.41, 5.74) is 1.69. The van der Waals surface area contributed by atoms with Crippen LogP contribution in [0, 0.1) is 18.8 Å². The topological polar surface area (TPSA) is 54.5 Å². The summed E-state index contributed by atoms with van der Waals surface area (Å²) in [6, 6.07) is 7.34. The monoisotopic (exact) mass is 285 g/mol. The molecule has 1 aromatic carbocycles. The third kappa shape index (κ3) is 2.50. The summed E-state index contributed by atoms with van der Waals surface area (Å²) in [7, 11) is 0. The van der Waals surface area contributed by atoms with E-state index in [-0.39, 0.29) is 29.9 Å². The van der Waals surface area contributed by atoms with Crippen LogP contribution >= 0.6 is 0 Å². The van der Waals surface area contributed by atoms with Gasteiger partial charge in [-0.1, -0.05) is 24.1 Å². The van der Waals surface area contributed by atoms with Gasteiger partial charge in [0, 0.05) is 18.8 Å². The quantitative estimate of drug-likeness (QED) is 0.785. The molecule has 0 bridgehead atoms. The number of nitrogens with zero attached hydrogens (tertiary/aromatic N) is 1. The fourth-order valence-electron chi connectivity index (χ4n) is 3.37. The summed E-state index contributed by atoms with van der Waals surface area (Å²) in [6.45, 7) is 1.96. The molecule has 2 amide bonds. The minimum atomic E-state index is -0.452. The molecule has 2 unspecified atom stereocenters. The molecule has 110 valence electrons. The number of carbonyl (C=O) groups excluding carboxylic acids is 3. The van der Waals surface area contributed by atoms with Gasteiger partial charge in [-0.05, 0) is 31.9 Å². The highest BCUT2D eigenvalue weighted by Crippen LogP contribution is 2.36. The minimum absolute atomic E-state index is 0.151. The van der Waals surface area contributed by atoms with E-state index >= 15 is 0 Å². The zero-order chi connectivity index (χ0) is 15.0. The Morgan fingerprint density at radius 3 is 2.38 bits per heavy atom. The second kappa shape index (κ2) is 5.43. The van der Waals surface area contributed by atoms with Crippen LogP contribution in [0.4, 0.5) is 5.69 Å². The maximum atomic E-state index is 12.6. The lowest BCUT2D eigenvalue weighted by atomic mass is 9.78. The number of imide groups is 1. The number of benzene rings is 1. The third-order valence-electron chi connectivity index (χ3n) is 4.56. The van der Waals surface area contributed by atoms with Crippen LogP contribution in [0.15, 0.2) is 24.3 Å². The number of Topliss-reactive ketones (excluding diaryl/α,β-unsaturated/α-hetero) is 1. The van der Waals surface area contributed by atoms with Gasteiger partial charge >= 0.3 is 0 Å². The van der Waals surface area contributed by atoms with Gasteiger partial charge < -0.3 is 0 Å². The van der Waals surface area contributed by atoms with Gasteiger partial charge in [0.2, 0.25) is 11.8 Å². The zero-order valence-electron chi connectivity index (χ0n) is 12.2. The minimum Gasteiger partial charge on any atom is -0.299 e. The number of amides is 2. The van der Waals surface area contributed by atoms with Gasteiger partial charge in [-0.15, -0.1) is 0 Å². The zero-order valence-corrected chi connectivity index (χ0v) is 12.2. The number of hydrogen-bond donors (Lipinski definition) is 0. The van der Waals surface area contributed by atoms with Gasteiger partial charge in [0.15, 0.2) is 0 Å². The maximum Gasteiger partial charge on any atom is 0.238 e. The molecule has 0 N–H and O–H groups in total. The van der Waals surface area contributed by atoms with Crippen molar-refractivity contribution in [2.24, 2.45) is 11.8 Å². The average molecular weight is 285 g/mol. The molecule has 3 rings (SSSR count). The van der Waals surface area contributed by atoms with Crippen molar-refractivity contribution in [2.45, 2.75) is 39.0 Å². The highest BCUT2D eigenvalue weighted by molar-refractivity contribution is 6.21. The molecule has 1 heterocycles. The van der Waals surface area contributed by atoms with E-state index in [1.54, 1.807) is 12.1 Å². The van der Waals surface area contributed by atoms with Gasteiger partial charge in [-0.25, -0.2) is 0 Å². The Morgan fingerprint density at radius 1 is 1.00 bits per heavy atom. The molecule has 0 spiro atoms. The first-order chi connectivity index (χ1) is 10.1. The number of rotatable bonds is 2. The lowest BCUT2D eigenvalue weighted by Gasteiger charge is -2.24. The van der Waals surface area contributed by atoms with Crippen LogP contribution in [-0.2, 0) is 14.4 Å². The summed E-state index contributed by atoms with van der Waals surface area (Å²) in [6.07, 6.45) is 3.34. The molecule has 4 nitrogen and oxygen atoms in total. The summed E-state index contributed by atoms with van der Waals surface area (Å²) < 4.78 is 0. The number of aryl methyl sites for hydroxylation is 1. The number of ketones is 1. The summed E-state index contributed by atoms with van der Waals surface area (Å²) >= 11 is 0. The maximum absolute atomic E-state index is 12.6. The van der Waals surface area contributed by atoms with E-state index in [1.807, 2.05) is 19.1 Å². The summed E-state index contributed by atoms with van der Waals surface area (Å²) in [4.78, 5) is 38.1. The normalized spacial score (nSPS) is 26.5. The SMILES string of the molecule is Cc1ccc(N2C(=O)CC(C3CCCCC3=O)C2=O)cc1. The Kier molecular flexibility index (Phi) is 3.62. The molecule has 1 saturated heterocycles. The number of carbonyl (C=O) groups is 3. The van der Waals surface area contributed by atoms with Crippen LogP contribution in [0.3, 0.4) is 0 Å². The molecule has 1 saturated carbocycles. The first kappa shape index (κ1) is 14.0. The van der Waals surface area contributed by atoms with Crippen molar-refractivity contribution in [3.05, 3.63) is 29.8 Å². The van der Waals surface area contributed by atoms with E-state index < -0.39 is 5.92 Å². The molecule has 0 radical (unpaired) electrons.